The van der Waals surface area contributed by atoms with E-state index < -0.39 is 0 Å². The number of ether oxygens (including phenoxy) is 1. The van der Waals surface area contributed by atoms with E-state index in [-0.39, 0.29) is 12.2 Å². The lowest BCUT2D eigenvalue weighted by Crippen LogP contribution is -2.52. The standard InChI is InChI=1S/C15H20N2O2/c18-15(16-10-12-4-2-1-3-5-12)19-14-11-17-8-6-13(14)7-9-17/h1-5,13-14H,6-11H2,(H,16,18)/t14-/m0/s1. The Hall–Kier alpha value is -1.55. The molecular weight excluding hydrogens is 240 g/mol. The molecule has 0 spiro atoms. The number of hydrogen-bond donors (Lipinski definition) is 1. The Kier molecular flexibility index (Phi) is 3.69. The molecule has 1 aromatic carbocycles. The van der Waals surface area contributed by atoms with Gasteiger partial charge in [0.05, 0.1) is 0 Å². The molecule has 0 radical (unpaired) electrons. The fourth-order valence-electron chi connectivity index (χ4n) is 2.99. The fraction of sp³-hybridized carbons (Fsp3) is 0.533. The maximum absolute atomic E-state index is 11.8. The molecule has 4 rings (SSSR count). The fourth-order valence-corrected chi connectivity index (χ4v) is 2.99. The highest BCUT2D eigenvalue weighted by Gasteiger charge is 2.36. The summed E-state index contributed by atoms with van der Waals surface area (Å²) in [4.78, 5) is 14.2. The zero-order chi connectivity index (χ0) is 13.1. The SMILES string of the molecule is O=C(NCc1ccccc1)O[C@H]1CN2CCC1CC2. The lowest BCUT2D eigenvalue weighted by atomic mass is 9.86. The minimum atomic E-state index is -0.289. The van der Waals surface area contributed by atoms with Gasteiger partial charge in [-0.2, -0.15) is 0 Å². The van der Waals surface area contributed by atoms with Crippen molar-refractivity contribution in [3.8, 4) is 0 Å². The van der Waals surface area contributed by atoms with Crippen LogP contribution >= 0.6 is 0 Å². The summed E-state index contributed by atoms with van der Waals surface area (Å²) < 4.78 is 5.56. The highest BCUT2D eigenvalue weighted by Crippen LogP contribution is 2.29. The number of hydrogen-bond acceptors (Lipinski definition) is 3. The number of piperidine rings is 3. The van der Waals surface area contributed by atoms with E-state index in [2.05, 4.69) is 10.2 Å². The molecule has 102 valence electrons. The van der Waals surface area contributed by atoms with Crippen LogP contribution in [0.1, 0.15) is 18.4 Å². The van der Waals surface area contributed by atoms with Gasteiger partial charge in [-0.05, 0) is 37.4 Å². The topological polar surface area (TPSA) is 41.6 Å². The molecule has 0 saturated carbocycles. The average Bonchev–Trinajstić information content (AvgIpc) is 2.47. The summed E-state index contributed by atoms with van der Waals surface area (Å²) in [7, 11) is 0. The molecule has 4 nitrogen and oxygen atoms in total. The molecule has 0 unspecified atom stereocenters. The Morgan fingerprint density at radius 2 is 2.00 bits per heavy atom. The minimum absolute atomic E-state index is 0.0817. The molecule has 1 N–H and O–H groups in total. The molecule has 0 aliphatic carbocycles. The van der Waals surface area contributed by atoms with Gasteiger partial charge in [0.2, 0.25) is 0 Å². The average molecular weight is 260 g/mol. The van der Waals surface area contributed by atoms with Crippen molar-refractivity contribution >= 4 is 6.09 Å². The van der Waals surface area contributed by atoms with E-state index in [0.717, 1.165) is 38.0 Å². The molecule has 0 aromatic heterocycles. The Balaban J connectivity index is 1.46. The second-order valence-electron chi connectivity index (χ2n) is 5.42. The minimum Gasteiger partial charge on any atom is -0.445 e. The van der Waals surface area contributed by atoms with Gasteiger partial charge in [0.25, 0.3) is 0 Å². The number of fused-ring (bicyclic) bond motifs is 3. The van der Waals surface area contributed by atoms with Crippen molar-refractivity contribution in [3.63, 3.8) is 0 Å². The third kappa shape index (κ3) is 3.07. The van der Waals surface area contributed by atoms with E-state index in [1.807, 2.05) is 30.3 Å². The van der Waals surface area contributed by atoms with Crippen LogP contribution in [0, 0.1) is 5.92 Å². The molecule has 3 saturated heterocycles. The van der Waals surface area contributed by atoms with Crippen molar-refractivity contribution < 1.29 is 9.53 Å². The lowest BCUT2D eigenvalue weighted by Gasteiger charge is -2.43. The summed E-state index contributed by atoms with van der Waals surface area (Å²) in [6.45, 7) is 3.76. The van der Waals surface area contributed by atoms with Crippen LogP contribution in [-0.4, -0.2) is 36.7 Å². The molecule has 1 aromatic rings. The first-order valence-corrected chi connectivity index (χ1v) is 7.02. The van der Waals surface area contributed by atoms with Crippen molar-refractivity contribution in [2.24, 2.45) is 5.92 Å². The number of alkyl carbamates (subject to hydrolysis) is 1. The van der Waals surface area contributed by atoms with Gasteiger partial charge in [-0.25, -0.2) is 4.79 Å². The summed E-state index contributed by atoms with van der Waals surface area (Å²) in [5.74, 6) is 0.562. The van der Waals surface area contributed by atoms with E-state index in [1.165, 1.54) is 0 Å². The molecule has 2 bridgehead atoms. The quantitative estimate of drug-likeness (QED) is 0.904. The van der Waals surface area contributed by atoms with E-state index in [1.54, 1.807) is 0 Å². The van der Waals surface area contributed by atoms with E-state index in [9.17, 15) is 4.79 Å². The van der Waals surface area contributed by atoms with Gasteiger partial charge in [0.15, 0.2) is 0 Å². The summed E-state index contributed by atoms with van der Waals surface area (Å²) in [6.07, 6.45) is 2.12. The number of carbonyl (C=O) groups is 1. The van der Waals surface area contributed by atoms with Crippen LogP contribution in [-0.2, 0) is 11.3 Å². The summed E-state index contributed by atoms with van der Waals surface area (Å²) in [5.41, 5.74) is 1.09. The van der Waals surface area contributed by atoms with Crippen molar-refractivity contribution in [1.82, 2.24) is 10.2 Å². The molecule has 1 atom stereocenters. The molecule has 1 amide bonds. The lowest BCUT2D eigenvalue weighted by molar-refractivity contribution is -0.0332. The van der Waals surface area contributed by atoms with Crippen molar-refractivity contribution in [2.75, 3.05) is 19.6 Å². The van der Waals surface area contributed by atoms with Gasteiger partial charge in [-0.15, -0.1) is 0 Å². The summed E-state index contributed by atoms with van der Waals surface area (Å²) in [6, 6.07) is 9.89. The molecule has 19 heavy (non-hydrogen) atoms. The van der Waals surface area contributed by atoms with Crippen molar-refractivity contribution in [3.05, 3.63) is 35.9 Å². The Bertz CT molecular complexity index is 427. The smallest absolute Gasteiger partial charge is 0.407 e. The number of nitrogens with one attached hydrogen (secondary N) is 1. The zero-order valence-corrected chi connectivity index (χ0v) is 11.0. The molecule has 3 aliphatic heterocycles. The van der Waals surface area contributed by atoms with Crippen LogP contribution in [0.15, 0.2) is 30.3 Å². The van der Waals surface area contributed by atoms with Gasteiger partial charge >= 0.3 is 6.09 Å². The Labute approximate surface area is 113 Å². The van der Waals surface area contributed by atoms with Gasteiger partial charge in [-0.1, -0.05) is 30.3 Å². The van der Waals surface area contributed by atoms with Crippen LogP contribution < -0.4 is 5.32 Å². The third-order valence-electron chi connectivity index (χ3n) is 4.13. The number of amides is 1. The van der Waals surface area contributed by atoms with Crippen LogP contribution in [0.5, 0.6) is 0 Å². The normalized spacial score (nSPS) is 28.9. The third-order valence-corrected chi connectivity index (χ3v) is 4.13. The molecule has 4 heteroatoms. The predicted octanol–water partition coefficient (Wildman–Crippen LogP) is 2.01. The van der Waals surface area contributed by atoms with Crippen molar-refractivity contribution in [2.45, 2.75) is 25.5 Å². The summed E-state index contributed by atoms with van der Waals surface area (Å²) in [5, 5.41) is 2.83. The first kappa shape index (κ1) is 12.5. The van der Waals surface area contributed by atoms with Crippen molar-refractivity contribution in [1.29, 1.82) is 0 Å². The first-order valence-electron chi connectivity index (χ1n) is 7.02. The Morgan fingerprint density at radius 3 is 2.63 bits per heavy atom. The first-order chi connectivity index (χ1) is 9.31. The van der Waals surface area contributed by atoms with Crippen LogP contribution in [0.25, 0.3) is 0 Å². The van der Waals surface area contributed by atoms with E-state index in [4.69, 9.17) is 4.74 Å². The number of rotatable bonds is 3. The van der Waals surface area contributed by atoms with Gasteiger partial charge in [-0.3, -0.25) is 4.90 Å². The molecule has 3 fully saturated rings. The van der Waals surface area contributed by atoms with E-state index in [0.29, 0.717) is 12.5 Å². The van der Waals surface area contributed by atoms with E-state index >= 15 is 0 Å². The number of nitrogens with zero attached hydrogens (tertiary/aromatic N) is 1. The monoisotopic (exact) mass is 260 g/mol. The van der Waals surface area contributed by atoms with Crippen LogP contribution in [0.3, 0.4) is 0 Å². The molecule has 3 heterocycles. The van der Waals surface area contributed by atoms with Gasteiger partial charge in [0, 0.05) is 13.1 Å². The van der Waals surface area contributed by atoms with Crippen LogP contribution in [0.2, 0.25) is 0 Å². The van der Waals surface area contributed by atoms with Crippen LogP contribution in [0.4, 0.5) is 4.79 Å². The van der Waals surface area contributed by atoms with Gasteiger partial charge < -0.3 is 10.1 Å². The maximum atomic E-state index is 11.8. The second-order valence-corrected chi connectivity index (χ2v) is 5.42. The molecule has 3 aliphatic rings. The maximum Gasteiger partial charge on any atom is 0.407 e. The number of carbonyl (C=O) groups excluding carboxylic acids is 1. The second kappa shape index (κ2) is 5.61. The molecular formula is C15H20N2O2. The predicted molar refractivity (Wildman–Crippen MR) is 72.7 cm³/mol. The zero-order valence-electron chi connectivity index (χ0n) is 11.0. The summed E-state index contributed by atoms with van der Waals surface area (Å²) >= 11 is 0. The highest BCUT2D eigenvalue weighted by atomic mass is 16.6. The largest absolute Gasteiger partial charge is 0.445 e. The number of benzene rings is 1. The Morgan fingerprint density at radius 1 is 1.26 bits per heavy atom. The van der Waals surface area contributed by atoms with Gasteiger partial charge in [0.1, 0.15) is 6.10 Å². The highest BCUT2D eigenvalue weighted by molar-refractivity contribution is 5.67.